The summed E-state index contributed by atoms with van der Waals surface area (Å²) >= 11 is 0. The smallest absolute Gasteiger partial charge is 0.336 e. The number of ether oxygens (including phenoxy) is 1. The minimum absolute atomic E-state index is 0.0143. The molecular weight excluding hydrogens is 626 g/mol. The highest BCUT2D eigenvalue weighted by atomic mass is 32.2. The van der Waals surface area contributed by atoms with E-state index in [1.807, 2.05) is 27.7 Å². The Kier molecular flexibility index (Phi) is 11.8. The molecule has 3 aromatic rings. The predicted molar refractivity (Wildman–Crippen MR) is 178 cm³/mol. The molecule has 0 aliphatic rings. The molecule has 0 aliphatic heterocycles. The van der Waals surface area contributed by atoms with Crippen LogP contribution in [0.15, 0.2) is 54.6 Å². The van der Waals surface area contributed by atoms with Gasteiger partial charge in [-0.05, 0) is 72.7 Å². The molecular formula is C33H41N5O8S. The monoisotopic (exact) mass is 667 g/mol. The highest BCUT2D eigenvalue weighted by Crippen LogP contribution is 2.31. The number of carboxylic acid groups (broad SMARTS) is 1. The molecule has 0 radical (unpaired) electrons. The van der Waals surface area contributed by atoms with Gasteiger partial charge in [0, 0.05) is 28.4 Å². The van der Waals surface area contributed by atoms with E-state index in [1.165, 1.54) is 37.4 Å². The molecule has 252 valence electrons. The number of carbonyl (C=O) groups excluding carboxylic acids is 2. The summed E-state index contributed by atoms with van der Waals surface area (Å²) in [5, 5.41) is 23.4. The van der Waals surface area contributed by atoms with Gasteiger partial charge in [-0.3, -0.25) is 19.2 Å². The van der Waals surface area contributed by atoms with E-state index in [0.717, 1.165) is 6.26 Å². The van der Waals surface area contributed by atoms with E-state index in [-0.39, 0.29) is 58.1 Å². The van der Waals surface area contributed by atoms with Gasteiger partial charge < -0.3 is 26.2 Å². The maximum Gasteiger partial charge on any atom is 0.336 e. The second kappa shape index (κ2) is 15.2. The molecule has 0 atom stereocenters. The first-order chi connectivity index (χ1) is 21.9. The Morgan fingerprint density at radius 3 is 2.02 bits per heavy atom. The lowest BCUT2D eigenvalue weighted by Gasteiger charge is -2.37. The minimum Gasteiger partial charge on any atom is -0.481 e. The summed E-state index contributed by atoms with van der Waals surface area (Å²) in [5.41, 5.74) is 5.20. The zero-order valence-electron chi connectivity index (χ0n) is 27.2. The Morgan fingerprint density at radius 1 is 0.936 bits per heavy atom. The number of nitrogen functional groups attached to an aromatic ring is 1. The number of anilines is 1. The van der Waals surface area contributed by atoms with Crippen LogP contribution in [0, 0.1) is 17.2 Å². The number of nitrogens with one attached hydrogen (secondary N) is 3. The van der Waals surface area contributed by atoms with Crippen LogP contribution in [0.3, 0.4) is 0 Å². The van der Waals surface area contributed by atoms with Crippen LogP contribution < -0.4 is 21.1 Å². The quantitative estimate of drug-likeness (QED) is 0.0868. The highest BCUT2D eigenvalue weighted by molar-refractivity contribution is 7.85. The van der Waals surface area contributed by atoms with Crippen LogP contribution in [0.5, 0.6) is 5.88 Å². The molecule has 0 saturated heterocycles. The molecule has 0 aliphatic carbocycles. The number of pyridine rings is 1. The normalized spacial score (nSPS) is 11.7. The van der Waals surface area contributed by atoms with Crippen LogP contribution >= 0.6 is 0 Å². The number of rotatable bonds is 15. The highest BCUT2D eigenvalue weighted by Gasteiger charge is 2.36. The minimum atomic E-state index is -3.82. The summed E-state index contributed by atoms with van der Waals surface area (Å²) in [4.78, 5) is 44.0. The number of carbonyl (C=O) groups is 3. The average Bonchev–Trinajstić information content (AvgIpc) is 2.98. The van der Waals surface area contributed by atoms with Crippen LogP contribution in [0.2, 0.25) is 0 Å². The second-order valence-corrected chi connectivity index (χ2v) is 13.8. The van der Waals surface area contributed by atoms with E-state index in [9.17, 15) is 27.9 Å². The van der Waals surface area contributed by atoms with Gasteiger partial charge in [0.2, 0.25) is 5.88 Å². The number of aromatic carboxylic acids is 1. The number of nitrogens with two attached hydrogens (primary N) is 1. The molecule has 0 spiro atoms. The number of amides is 2. The zero-order chi connectivity index (χ0) is 35.1. The first kappa shape index (κ1) is 36.6. The van der Waals surface area contributed by atoms with Crippen LogP contribution in [0.25, 0.3) is 11.1 Å². The number of carboxylic acids is 1. The third-order valence-electron chi connectivity index (χ3n) is 7.08. The molecule has 2 aromatic carbocycles. The van der Waals surface area contributed by atoms with Crippen molar-refractivity contribution < 1.29 is 36.8 Å². The molecule has 47 heavy (non-hydrogen) atoms. The number of methoxy groups -OCH3 is 1. The zero-order valence-corrected chi connectivity index (χ0v) is 28.0. The maximum atomic E-state index is 13.7. The topological polar surface area (TPSA) is 211 Å². The number of nitrogens with zero attached hydrogens (tertiary/aromatic N) is 1. The van der Waals surface area contributed by atoms with Gasteiger partial charge in [0.05, 0.1) is 31.1 Å². The van der Waals surface area contributed by atoms with Crippen LogP contribution in [0.4, 0.5) is 5.69 Å². The number of hydrogen-bond donors (Lipinski definition) is 5. The van der Waals surface area contributed by atoms with Gasteiger partial charge in [-0.15, -0.1) is 0 Å². The third-order valence-corrected chi connectivity index (χ3v) is 7.62. The van der Waals surface area contributed by atoms with Gasteiger partial charge in [0.15, 0.2) is 0 Å². The fraction of sp³-hybridized carbons (Fsp3) is 0.364. The molecule has 2 amide bonds. The molecule has 0 bridgehead atoms. The van der Waals surface area contributed by atoms with Crippen molar-refractivity contribution in [2.45, 2.75) is 46.1 Å². The van der Waals surface area contributed by atoms with Crippen molar-refractivity contribution in [2.75, 3.05) is 25.3 Å². The summed E-state index contributed by atoms with van der Waals surface area (Å²) in [6, 6.07) is 13.3. The van der Waals surface area contributed by atoms with Crippen molar-refractivity contribution in [2.24, 2.45) is 17.6 Å². The second-order valence-electron chi connectivity index (χ2n) is 12.2. The van der Waals surface area contributed by atoms with Crippen molar-refractivity contribution in [1.82, 2.24) is 10.3 Å². The molecule has 13 nitrogen and oxygen atoms in total. The molecule has 3 rings (SSSR count). The van der Waals surface area contributed by atoms with Crippen molar-refractivity contribution in [1.29, 1.82) is 5.41 Å². The van der Waals surface area contributed by atoms with Crippen molar-refractivity contribution in [3.05, 3.63) is 77.0 Å². The lowest BCUT2D eigenvalue weighted by atomic mass is 9.82. The summed E-state index contributed by atoms with van der Waals surface area (Å²) in [5.74, 6) is -2.52. The Morgan fingerprint density at radius 2 is 1.51 bits per heavy atom. The van der Waals surface area contributed by atoms with Crippen LogP contribution in [-0.2, 0) is 14.3 Å². The van der Waals surface area contributed by atoms with Crippen molar-refractivity contribution >= 4 is 39.4 Å². The van der Waals surface area contributed by atoms with Gasteiger partial charge in [-0.1, -0.05) is 33.8 Å². The van der Waals surface area contributed by atoms with Crippen LogP contribution in [-0.4, -0.2) is 67.6 Å². The van der Waals surface area contributed by atoms with E-state index in [2.05, 4.69) is 15.6 Å². The van der Waals surface area contributed by atoms with Gasteiger partial charge >= 0.3 is 5.97 Å². The Balaban J connectivity index is 2.05. The van der Waals surface area contributed by atoms with Gasteiger partial charge in [-0.25, -0.2) is 9.78 Å². The predicted octanol–water partition coefficient (Wildman–Crippen LogP) is 4.53. The Hall–Kier alpha value is -4.82. The summed E-state index contributed by atoms with van der Waals surface area (Å²) < 4.78 is 34.2. The fourth-order valence-electron chi connectivity index (χ4n) is 5.40. The van der Waals surface area contributed by atoms with Gasteiger partial charge in [0.25, 0.3) is 21.9 Å². The van der Waals surface area contributed by atoms with E-state index >= 15 is 0 Å². The summed E-state index contributed by atoms with van der Waals surface area (Å²) in [7, 11) is -2.44. The van der Waals surface area contributed by atoms with E-state index in [4.69, 9.17) is 20.1 Å². The van der Waals surface area contributed by atoms with E-state index < -0.39 is 33.4 Å². The number of benzene rings is 2. The largest absolute Gasteiger partial charge is 0.481 e. The molecule has 0 fully saturated rings. The third kappa shape index (κ3) is 10.1. The van der Waals surface area contributed by atoms with Gasteiger partial charge in [-0.2, -0.15) is 8.42 Å². The number of aromatic nitrogens is 1. The SMILES string of the molecule is COc1ccc(-c2ccc(C(=O)NC(COS(C)(=O)=O)(CC(C)C)CC(C)C)cc2C(=O)O)c(C(=O)Nc2ccc(C(=N)N)cc2)n1. The number of amidine groups is 1. The van der Waals surface area contributed by atoms with E-state index in [1.54, 1.807) is 24.3 Å². The van der Waals surface area contributed by atoms with Crippen LogP contribution in [0.1, 0.15) is 77.3 Å². The molecule has 1 heterocycles. The van der Waals surface area contributed by atoms with Crippen molar-refractivity contribution in [3.8, 4) is 17.0 Å². The first-order valence-electron chi connectivity index (χ1n) is 14.8. The summed E-state index contributed by atoms with van der Waals surface area (Å²) in [6.45, 7) is 7.48. The fourth-order valence-corrected chi connectivity index (χ4v) is 5.84. The molecule has 6 N–H and O–H groups in total. The van der Waals surface area contributed by atoms with Gasteiger partial charge in [0.1, 0.15) is 11.5 Å². The maximum absolute atomic E-state index is 13.7. The lowest BCUT2D eigenvalue weighted by molar-refractivity contribution is 0.0697. The molecule has 0 unspecified atom stereocenters. The Labute approximate surface area is 274 Å². The number of hydrogen-bond acceptors (Lipinski definition) is 9. The standard InChI is InChI=1S/C33H41N5O8S/c1-19(2)16-33(17-20(3)4,18-46-47(6,43)44)38-30(39)22-9-12-24(26(15-22)32(41)42)25-13-14-27(45-5)37-28(25)31(40)36-23-10-7-21(8-11-23)29(34)35/h7-15,19-20H,16-18H2,1-6H3,(H3,34,35)(H,36,40)(H,38,39)(H,41,42). The molecule has 14 heteroatoms. The van der Waals surface area contributed by atoms with E-state index in [0.29, 0.717) is 24.1 Å². The molecule has 0 saturated carbocycles. The lowest BCUT2D eigenvalue weighted by Crippen LogP contribution is -2.54. The first-order valence-corrected chi connectivity index (χ1v) is 16.6. The average molecular weight is 668 g/mol. The Bertz CT molecular complexity index is 1740. The summed E-state index contributed by atoms with van der Waals surface area (Å²) in [6.07, 6.45) is 1.75. The van der Waals surface area contributed by atoms with Crippen molar-refractivity contribution in [3.63, 3.8) is 0 Å². The molecule has 1 aromatic heterocycles.